The highest BCUT2D eigenvalue weighted by molar-refractivity contribution is 6.15. The second kappa shape index (κ2) is 16.5. The third-order valence-corrected chi connectivity index (χ3v) is 14.0. The molecule has 2 aliphatic heterocycles. The van der Waals surface area contributed by atoms with Gasteiger partial charge in [0.1, 0.15) is 11.5 Å². The van der Waals surface area contributed by atoms with Crippen LogP contribution in [0.2, 0.25) is 0 Å². The summed E-state index contributed by atoms with van der Waals surface area (Å²) in [5.74, 6) is 4.39. The Morgan fingerprint density at radius 3 is 1.48 bits per heavy atom. The number of ether oxygens (including phenoxy) is 1. The van der Waals surface area contributed by atoms with E-state index in [0.29, 0.717) is 17.5 Å². The molecule has 0 bridgehead atoms. The van der Waals surface area contributed by atoms with Crippen molar-refractivity contribution in [2.45, 2.75) is 18.4 Å². The summed E-state index contributed by atoms with van der Waals surface area (Å²) in [5, 5.41) is 0. The van der Waals surface area contributed by atoms with Crippen molar-refractivity contribution in [3.8, 4) is 67.9 Å². The van der Waals surface area contributed by atoms with Crippen LogP contribution in [0.4, 0.5) is 0 Å². The zero-order valence-electron chi connectivity index (χ0n) is 37.7. The number of hydrogen-bond donors (Lipinski definition) is 0. The van der Waals surface area contributed by atoms with Crippen molar-refractivity contribution in [1.29, 1.82) is 0 Å². The van der Waals surface area contributed by atoms with E-state index < -0.39 is 5.41 Å². The Balaban J connectivity index is 0.957. The lowest BCUT2D eigenvalue weighted by atomic mass is 9.66. The summed E-state index contributed by atoms with van der Waals surface area (Å²) in [7, 11) is 0. The van der Waals surface area contributed by atoms with Crippen molar-refractivity contribution >= 4 is 11.5 Å². The molecule has 2 atom stereocenters. The maximum Gasteiger partial charge on any atom is 0.164 e. The molecule has 1 spiro atoms. The van der Waals surface area contributed by atoms with Gasteiger partial charge in [0.05, 0.1) is 17.2 Å². The summed E-state index contributed by atoms with van der Waals surface area (Å²) >= 11 is 0. The molecular formula is C63H43N5O. The summed E-state index contributed by atoms with van der Waals surface area (Å²) in [6, 6.07) is 80.7. The monoisotopic (exact) mass is 885 g/mol. The van der Waals surface area contributed by atoms with E-state index in [9.17, 15) is 0 Å². The molecule has 13 rings (SSSR count). The minimum Gasteiger partial charge on any atom is -0.457 e. The van der Waals surface area contributed by atoms with Crippen LogP contribution in [0.25, 0.3) is 56.4 Å². The van der Waals surface area contributed by atoms with Crippen LogP contribution < -0.4 is 4.74 Å². The number of fused-ring (bicyclic) bond motifs is 9. The fraction of sp³-hybridized carbons (Fsp3) is 0.0635. The highest BCUT2D eigenvalue weighted by Gasteiger charge is 2.51. The molecule has 0 saturated carbocycles. The number of hydrogen-bond acceptors (Lipinski definition) is 6. The summed E-state index contributed by atoms with van der Waals surface area (Å²) < 4.78 is 6.71. The molecule has 69 heavy (non-hydrogen) atoms. The average Bonchev–Trinajstić information content (AvgIpc) is 3.71. The molecule has 0 N–H and O–H groups in total. The fourth-order valence-corrected chi connectivity index (χ4v) is 10.7. The van der Waals surface area contributed by atoms with Gasteiger partial charge >= 0.3 is 0 Å². The minimum atomic E-state index is -0.688. The lowest BCUT2D eigenvalue weighted by Gasteiger charge is -2.39. The number of nitrogens with zero attached hydrogens (tertiary/aromatic N) is 5. The molecule has 3 heterocycles. The van der Waals surface area contributed by atoms with Crippen LogP contribution in [0, 0.1) is 5.92 Å². The molecule has 3 aliphatic rings. The summed E-state index contributed by atoms with van der Waals surface area (Å²) in [5.41, 5.74) is 15.5. The maximum absolute atomic E-state index is 6.71. The van der Waals surface area contributed by atoms with E-state index in [1.165, 1.54) is 16.7 Å². The molecule has 0 radical (unpaired) electrons. The molecule has 1 aromatic heterocycles. The van der Waals surface area contributed by atoms with Crippen LogP contribution in [-0.2, 0) is 5.41 Å². The van der Waals surface area contributed by atoms with Gasteiger partial charge in [0.25, 0.3) is 0 Å². The van der Waals surface area contributed by atoms with Crippen LogP contribution in [0.1, 0.15) is 51.9 Å². The Hall–Kier alpha value is -8.87. The molecule has 1 aliphatic carbocycles. The molecule has 2 unspecified atom stereocenters. The molecule has 9 aromatic carbocycles. The van der Waals surface area contributed by atoms with E-state index >= 15 is 0 Å². The zero-order chi connectivity index (χ0) is 45.9. The van der Waals surface area contributed by atoms with E-state index in [0.717, 1.165) is 84.2 Å². The van der Waals surface area contributed by atoms with Crippen molar-refractivity contribution in [1.82, 2.24) is 15.0 Å². The van der Waals surface area contributed by atoms with Gasteiger partial charge in [0.15, 0.2) is 23.3 Å². The van der Waals surface area contributed by atoms with Crippen LogP contribution >= 0.6 is 0 Å². The molecule has 0 fully saturated rings. The average molecular weight is 886 g/mol. The highest BCUT2D eigenvalue weighted by Crippen LogP contribution is 2.62. The van der Waals surface area contributed by atoms with E-state index in [1.807, 2.05) is 60.7 Å². The Bertz CT molecular complexity index is 3540. The SMILES string of the molecule is CC1C(c2ccccc2)=NC(c2ccc(-c3ccc4c(c3)-c3ccc(-c5nc(-c6ccccc6)nc(-c6ccccc6)n5)cc3C43c4ccccc4Oc4ccccc43)cc2)=NC1c1ccccc1. The highest BCUT2D eigenvalue weighted by atomic mass is 16.5. The number of rotatable bonds is 7. The van der Waals surface area contributed by atoms with Gasteiger partial charge in [-0.15, -0.1) is 0 Å². The molecule has 6 heteroatoms. The van der Waals surface area contributed by atoms with Crippen LogP contribution in [0.3, 0.4) is 0 Å². The van der Waals surface area contributed by atoms with Gasteiger partial charge in [-0.25, -0.2) is 19.9 Å². The smallest absolute Gasteiger partial charge is 0.164 e. The van der Waals surface area contributed by atoms with E-state index in [1.54, 1.807) is 0 Å². The van der Waals surface area contributed by atoms with Crippen molar-refractivity contribution in [2.24, 2.45) is 15.9 Å². The number of aliphatic imine (C=N–C) groups is 2. The lowest BCUT2D eigenvalue weighted by Crippen LogP contribution is -2.32. The first kappa shape index (κ1) is 40.4. The maximum atomic E-state index is 6.71. The fourth-order valence-electron chi connectivity index (χ4n) is 10.7. The third kappa shape index (κ3) is 6.75. The number of aromatic nitrogens is 3. The third-order valence-electron chi connectivity index (χ3n) is 14.0. The van der Waals surface area contributed by atoms with Crippen LogP contribution in [-0.4, -0.2) is 26.5 Å². The topological polar surface area (TPSA) is 72.6 Å². The summed E-state index contributed by atoms with van der Waals surface area (Å²) in [6.07, 6.45) is 0. The first-order valence-corrected chi connectivity index (χ1v) is 23.5. The molecular weight excluding hydrogens is 843 g/mol. The molecule has 0 saturated heterocycles. The lowest BCUT2D eigenvalue weighted by molar-refractivity contribution is 0.436. The first-order valence-electron chi connectivity index (χ1n) is 23.5. The van der Waals surface area contributed by atoms with Gasteiger partial charge in [-0.2, -0.15) is 0 Å². The largest absolute Gasteiger partial charge is 0.457 e. The van der Waals surface area contributed by atoms with Gasteiger partial charge in [0.2, 0.25) is 0 Å². The van der Waals surface area contributed by atoms with Crippen molar-refractivity contribution in [3.63, 3.8) is 0 Å². The van der Waals surface area contributed by atoms with Gasteiger partial charge in [0, 0.05) is 39.3 Å². The molecule has 10 aromatic rings. The van der Waals surface area contributed by atoms with Crippen molar-refractivity contribution in [3.05, 3.63) is 269 Å². The first-order chi connectivity index (χ1) is 34.1. The standard InChI is InChI=1S/C63H43N5O/c1-40-57(42-18-6-2-7-19-42)64-59(65-58(40)43-20-8-3-9-21-43)46-32-30-41(31-33-46)47-35-37-51-50(38-47)49-36-34-48(39-54(49)63(51)52-26-14-16-28-55(52)69-56-29-17-15-27-53(56)63)62-67-60(44-22-10-4-11-23-44)66-61(68-62)45-24-12-5-13-25-45/h2-40,57H,1H3. The predicted octanol–water partition coefficient (Wildman–Crippen LogP) is 14.6. The van der Waals surface area contributed by atoms with Crippen molar-refractivity contribution < 1.29 is 4.74 Å². The van der Waals surface area contributed by atoms with E-state index in [-0.39, 0.29) is 12.0 Å². The van der Waals surface area contributed by atoms with Gasteiger partial charge in [-0.05, 0) is 68.8 Å². The summed E-state index contributed by atoms with van der Waals surface area (Å²) in [6.45, 7) is 2.23. The second-order valence-corrected chi connectivity index (χ2v) is 17.9. The van der Waals surface area contributed by atoms with Gasteiger partial charge in [-0.3, -0.25) is 4.99 Å². The van der Waals surface area contributed by atoms with Gasteiger partial charge in [-0.1, -0.05) is 213 Å². The summed E-state index contributed by atoms with van der Waals surface area (Å²) in [4.78, 5) is 25.9. The van der Waals surface area contributed by atoms with Crippen molar-refractivity contribution in [2.75, 3.05) is 0 Å². The van der Waals surface area contributed by atoms with Crippen LogP contribution in [0.5, 0.6) is 11.5 Å². The zero-order valence-corrected chi connectivity index (χ0v) is 37.7. The molecule has 0 amide bonds. The number of benzene rings is 9. The Morgan fingerprint density at radius 2 is 0.870 bits per heavy atom. The Labute approximate surface area is 401 Å². The van der Waals surface area contributed by atoms with E-state index in [4.69, 9.17) is 29.7 Å². The molecule has 326 valence electrons. The van der Waals surface area contributed by atoms with Gasteiger partial charge < -0.3 is 4.74 Å². The normalized spacial score (nSPS) is 16.0. The number of amidine groups is 1. The minimum absolute atomic E-state index is 0.0550. The van der Waals surface area contributed by atoms with Crippen LogP contribution in [0.15, 0.2) is 241 Å². The Morgan fingerprint density at radius 1 is 0.377 bits per heavy atom. The quantitative estimate of drug-likeness (QED) is 0.160. The number of para-hydroxylation sites is 2. The Kier molecular flexibility index (Phi) is 9.65. The second-order valence-electron chi connectivity index (χ2n) is 17.9. The molecule has 6 nitrogen and oxygen atoms in total. The van der Waals surface area contributed by atoms with E-state index in [2.05, 4.69) is 177 Å². The predicted molar refractivity (Wildman–Crippen MR) is 277 cm³/mol.